The van der Waals surface area contributed by atoms with Crippen LogP contribution in [0.5, 0.6) is 0 Å². The predicted molar refractivity (Wildman–Crippen MR) is 88.9 cm³/mol. The number of anilines is 3. The van der Waals surface area contributed by atoms with Crippen LogP contribution in [0.15, 0.2) is 24.3 Å². The van der Waals surface area contributed by atoms with Crippen LogP contribution < -0.4 is 10.6 Å². The molecule has 2 aromatic rings. The number of nitrogens with one attached hydrogen (secondary N) is 2. The molecule has 0 saturated heterocycles. The van der Waals surface area contributed by atoms with E-state index < -0.39 is 0 Å². The van der Waals surface area contributed by atoms with Crippen molar-refractivity contribution >= 4 is 29.1 Å². The Morgan fingerprint density at radius 2 is 2.13 bits per heavy atom. The highest BCUT2D eigenvalue weighted by Gasteiger charge is 2.26. The molecule has 7 heteroatoms. The second-order valence-corrected chi connectivity index (χ2v) is 6.16. The van der Waals surface area contributed by atoms with Crippen LogP contribution in [0.25, 0.3) is 0 Å². The van der Waals surface area contributed by atoms with Gasteiger partial charge in [-0.2, -0.15) is 4.98 Å². The number of hydrogen-bond donors (Lipinski definition) is 3. The predicted octanol–water partition coefficient (Wildman–Crippen LogP) is 3.68. The molecule has 1 aromatic carbocycles. The van der Waals surface area contributed by atoms with E-state index in [2.05, 4.69) is 20.6 Å². The van der Waals surface area contributed by atoms with Gasteiger partial charge in [0.15, 0.2) is 0 Å². The minimum absolute atomic E-state index is 0.0103. The van der Waals surface area contributed by atoms with E-state index >= 15 is 0 Å². The Bertz CT molecular complexity index is 708. The number of hydrogen-bond acceptors (Lipinski definition) is 5. The summed E-state index contributed by atoms with van der Waals surface area (Å²) in [6.07, 6.45) is 2.23. The third-order valence-corrected chi connectivity index (χ3v) is 3.90. The summed E-state index contributed by atoms with van der Waals surface area (Å²) in [7, 11) is 0. The van der Waals surface area contributed by atoms with Crippen LogP contribution in [0.2, 0.25) is 5.02 Å². The molecular formula is C16H18ClFN4O. The Morgan fingerprint density at radius 1 is 1.35 bits per heavy atom. The Morgan fingerprint density at radius 3 is 2.78 bits per heavy atom. The molecule has 3 N–H and O–H groups in total. The highest BCUT2D eigenvalue weighted by Crippen LogP contribution is 2.40. The van der Waals surface area contributed by atoms with Crippen molar-refractivity contribution in [2.75, 3.05) is 17.2 Å². The lowest BCUT2D eigenvalue weighted by molar-refractivity contribution is 0.281. The molecule has 1 heterocycles. The van der Waals surface area contributed by atoms with Crippen LogP contribution in [0.1, 0.15) is 31.4 Å². The molecule has 0 radical (unpaired) electrons. The average molecular weight is 337 g/mol. The molecule has 1 saturated carbocycles. The first-order chi connectivity index (χ1) is 11.0. The lowest BCUT2D eigenvalue weighted by Crippen LogP contribution is -2.21. The number of aliphatic hydroxyl groups is 1. The van der Waals surface area contributed by atoms with Gasteiger partial charge in [-0.15, -0.1) is 0 Å². The number of benzene rings is 1. The number of aromatic nitrogens is 2. The van der Waals surface area contributed by atoms with Crippen LogP contribution in [0.3, 0.4) is 0 Å². The average Bonchev–Trinajstić information content (AvgIpc) is 3.34. The summed E-state index contributed by atoms with van der Waals surface area (Å²) in [6.45, 7) is 1.83. The van der Waals surface area contributed by atoms with Crippen LogP contribution in [0, 0.1) is 5.82 Å². The van der Waals surface area contributed by atoms with Crippen molar-refractivity contribution in [3.05, 3.63) is 40.8 Å². The van der Waals surface area contributed by atoms with Gasteiger partial charge in [0.05, 0.1) is 23.0 Å². The van der Waals surface area contributed by atoms with Crippen molar-refractivity contribution in [2.45, 2.75) is 31.7 Å². The minimum Gasteiger partial charge on any atom is -0.394 e. The van der Waals surface area contributed by atoms with E-state index in [9.17, 15) is 4.39 Å². The second kappa shape index (κ2) is 6.68. The molecule has 5 nitrogen and oxygen atoms in total. The largest absolute Gasteiger partial charge is 0.394 e. The Balaban J connectivity index is 1.87. The summed E-state index contributed by atoms with van der Waals surface area (Å²) in [5, 5.41) is 15.6. The molecule has 1 fully saturated rings. The van der Waals surface area contributed by atoms with E-state index in [4.69, 9.17) is 16.7 Å². The highest BCUT2D eigenvalue weighted by molar-refractivity contribution is 6.33. The van der Waals surface area contributed by atoms with Gasteiger partial charge in [0.2, 0.25) is 5.95 Å². The van der Waals surface area contributed by atoms with E-state index in [1.165, 1.54) is 12.1 Å². The fourth-order valence-electron chi connectivity index (χ4n) is 2.18. The second-order valence-electron chi connectivity index (χ2n) is 5.75. The van der Waals surface area contributed by atoms with Gasteiger partial charge in [-0.3, -0.25) is 0 Å². The topological polar surface area (TPSA) is 70.1 Å². The maximum Gasteiger partial charge on any atom is 0.225 e. The van der Waals surface area contributed by atoms with Crippen LogP contribution >= 0.6 is 11.6 Å². The first-order valence-electron chi connectivity index (χ1n) is 7.53. The van der Waals surface area contributed by atoms with Gasteiger partial charge in [0.1, 0.15) is 11.6 Å². The molecule has 122 valence electrons. The molecule has 0 spiro atoms. The fourth-order valence-corrected chi connectivity index (χ4v) is 2.39. The first-order valence-corrected chi connectivity index (χ1v) is 7.91. The van der Waals surface area contributed by atoms with Crippen molar-refractivity contribution in [1.82, 2.24) is 9.97 Å². The van der Waals surface area contributed by atoms with Gasteiger partial charge in [0, 0.05) is 18.0 Å². The molecule has 3 rings (SSSR count). The van der Waals surface area contributed by atoms with Crippen LogP contribution in [-0.4, -0.2) is 27.7 Å². The highest BCUT2D eigenvalue weighted by atomic mass is 35.5. The number of rotatable bonds is 6. The normalized spacial score (nSPS) is 15.3. The lowest BCUT2D eigenvalue weighted by Gasteiger charge is -2.14. The van der Waals surface area contributed by atoms with Crippen molar-refractivity contribution in [3.8, 4) is 0 Å². The molecular weight excluding hydrogens is 319 g/mol. The fraction of sp³-hybridized carbons (Fsp3) is 0.375. The van der Waals surface area contributed by atoms with Gasteiger partial charge in [0.25, 0.3) is 0 Å². The monoisotopic (exact) mass is 336 g/mol. The van der Waals surface area contributed by atoms with Crippen LogP contribution in [0.4, 0.5) is 21.8 Å². The van der Waals surface area contributed by atoms with Gasteiger partial charge < -0.3 is 15.7 Å². The SMILES string of the molecule is C[C@H](CO)Nc1nc(Nc2ccc(F)cc2Cl)cc(C2CC2)n1. The molecule has 1 aliphatic rings. The van der Waals surface area contributed by atoms with Gasteiger partial charge in [-0.1, -0.05) is 11.6 Å². The Labute approximate surface area is 138 Å². The van der Waals surface area contributed by atoms with Gasteiger partial charge in [-0.25, -0.2) is 9.37 Å². The van der Waals surface area contributed by atoms with Crippen molar-refractivity contribution in [3.63, 3.8) is 0 Å². The summed E-state index contributed by atoms with van der Waals surface area (Å²) in [4.78, 5) is 8.89. The number of aliphatic hydroxyl groups excluding tert-OH is 1. The van der Waals surface area contributed by atoms with E-state index in [0.717, 1.165) is 18.5 Å². The standard InChI is InChI=1S/C16H18ClFN4O/c1-9(8-23)19-16-21-14(10-2-3-10)7-15(22-16)20-13-5-4-11(18)6-12(13)17/h4-7,9-10,23H,2-3,8H2,1H3,(H2,19,20,21,22)/t9-/m1/s1. The Hall–Kier alpha value is -1.92. The maximum atomic E-state index is 13.1. The zero-order valence-electron chi connectivity index (χ0n) is 12.7. The Kier molecular flexibility index (Phi) is 4.63. The molecule has 0 bridgehead atoms. The zero-order valence-corrected chi connectivity index (χ0v) is 13.4. The molecule has 1 atom stereocenters. The summed E-state index contributed by atoms with van der Waals surface area (Å²) < 4.78 is 13.1. The summed E-state index contributed by atoms with van der Waals surface area (Å²) >= 11 is 6.05. The molecule has 0 aliphatic heterocycles. The summed E-state index contributed by atoms with van der Waals surface area (Å²) in [5.41, 5.74) is 1.53. The quantitative estimate of drug-likeness (QED) is 0.750. The lowest BCUT2D eigenvalue weighted by atomic mass is 10.2. The van der Waals surface area contributed by atoms with E-state index in [0.29, 0.717) is 23.4 Å². The maximum absolute atomic E-state index is 13.1. The summed E-state index contributed by atoms with van der Waals surface area (Å²) in [6, 6.07) is 5.89. The molecule has 0 amide bonds. The van der Waals surface area contributed by atoms with E-state index in [1.54, 1.807) is 6.07 Å². The van der Waals surface area contributed by atoms with Gasteiger partial charge >= 0.3 is 0 Å². The smallest absolute Gasteiger partial charge is 0.225 e. The van der Waals surface area contributed by atoms with Gasteiger partial charge in [-0.05, 0) is 38.0 Å². The third-order valence-electron chi connectivity index (χ3n) is 3.58. The van der Waals surface area contributed by atoms with E-state index in [-0.39, 0.29) is 23.5 Å². The molecule has 1 aliphatic carbocycles. The summed E-state index contributed by atoms with van der Waals surface area (Å²) in [5.74, 6) is 1.10. The van der Waals surface area contributed by atoms with E-state index in [1.807, 2.05) is 13.0 Å². The minimum atomic E-state index is -0.388. The third kappa shape index (κ3) is 4.09. The van der Waals surface area contributed by atoms with Crippen molar-refractivity contribution in [2.24, 2.45) is 0 Å². The van der Waals surface area contributed by atoms with Crippen molar-refractivity contribution < 1.29 is 9.50 Å². The molecule has 0 unspecified atom stereocenters. The first kappa shape index (κ1) is 16.0. The zero-order chi connectivity index (χ0) is 16.4. The number of nitrogens with zero attached hydrogens (tertiary/aromatic N) is 2. The van der Waals surface area contributed by atoms with Crippen LogP contribution in [-0.2, 0) is 0 Å². The molecule has 1 aromatic heterocycles. The molecule has 23 heavy (non-hydrogen) atoms. The number of halogens is 2. The van der Waals surface area contributed by atoms with Crippen molar-refractivity contribution in [1.29, 1.82) is 0 Å².